The van der Waals surface area contributed by atoms with Gasteiger partial charge in [-0.15, -0.1) is 0 Å². The minimum atomic E-state index is -0.559. The molecule has 0 aliphatic heterocycles. The second-order valence-electron chi connectivity index (χ2n) is 6.04. The quantitative estimate of drug-likeness (QED) is 0.563. The Balaban J connectivity index is 1.56. The van der Waals surface area contributed by atoms with E-state index in [9.17, 15) is 9.59 Å². The van der Waals surface area contributed by atoms with E-state index in [0.29, 0.717) is 17.6 Å². The van der Waals surface area contributed by atoms with Crippen molar-refractivity contribution in [1.82, 2.24) is 24.9 Å². The largest absolute Gasteiger partial charge is 0.420 e. The Kier molecular flexibility index (Phi) is 4.52. The average Bonchev–Trinajstić information content (AvgIpc) is 3.30. The van der Waals surface area contributed by atoms with Crippen molar-refractivity contribution in [3.8, 4) is 0 Å². The van der Waals surface area contributed by atoms with Crippen LogP contribution < -0.4 is 11.1 Å². The number of carbonyl (C=O) groups is 1. The van der Waals surface area contributed by atoms with Gasteiger partial charge in [-0.25, -0.2) is 4.79 Å². The van der Waals surface area contributed by atoms with Gasteiger partial charge in [0.25, 0.3) is 0 Å². The smallest absolute Gasteiger partial charge is 0.408 e. The summed E-state index contributed by atoms with van der Waals surface area (Å²) in [5, 5.41) is 11.2. The number of para-hydroxylation sites is 2. The number of hydrogen-bond acceptors (Lipinski definition) is 5. The fraction of sp³-hybridized carbons (Fsp3) is 0.158. The summed E-state index contributed by atoms with van der Waals surface area (Å²) in [6, 6.07) is 16.2. The molecule has 0 aliphatic rings. The predicted molar refractivity (Wildman–Crippen MR) is 97.8 cm³/mol. The summed E-state index contributed by atoms with van der Waals surface area (Å²) in [5.41, 5.74) is 1.96. The van der Waals surface area contributed by atoms with Gasteiger partial charge < -0.3 is 9.73 Å². The molecule has 0 fully saturated rings. The first-order chi connectivity index (χ1) is 13.2. The number of nitrogens with one attached hydrogen (secondary N) is 1. The van der Waals surface area contributed by atoms with Crippen LogP contribution in [0.4, 0.5) is 0 Å². The molecule has 0 spiro atoms. The molecule has 1 N–H and O–H groups in total. The van der Waals surface area contributed by atoms with Crippen LogP contribution in [0, 0.1) is 0 Å². The van der Waals surface area contributed by atoms with Crippen LogP contribution in [-0.4, -0.2) is 25.5 Å². The summed E-state index contributed by atoms with van der Waals surface area (Å²) in [6.45, 7) is 0.246. The standard InChI is InChI=1S/C19H17N5O3/c25-18(13-23-16-8-4-5-9-17(16)27-19(23)26)22-15(12-24-20-10-11-21-24)14-6-2-1-3-7-14/h1-11,15H,12-13H2,(H,22,25)/t15-/m0/s1. The van der Waals surface area contributed by atoms with Gasteiger partial charge in [0.05, 0.1) is 30.5 Å². The molecule has 0 aliphatic carbocycles. The third-order valence-electron chi connectivity index (χ3n) is 4.23. The molecule has 2 aromatic heterocycles. The minimum Gasteiger partial charge on any atom is -0.408 e. The summed E-state index contributed by atoms with van der Waals surface area (Å²) < 4.78 is 6.50. The first kappa shape index (κ1) is 16.8. The van der Waals surface area contributed by atoms with Crippen LogP contribution in [0.1, 0.15) is 11.6 Å². The molecular formula is C19H17N5O3. The van der Waals surface area contributed by atoms with E-state index in [2.05, 4.69) is 15.5 Å². The number of fused-ring (bicyclic) bond motifs is 1. The highest BCUT2D eigenvalue weighted by Crippen LogP contribution is 2.15. The van der Waals surface area contributed by atoms with Crippen LogP contribution in [0.2, 0.25) is 0 Å². The zero-order valence-corrected chi connectivity index (χ0v) is 14.4. The highest BCUT2D eigenvalue weighted by Gasteiger charge is 2.18. The summed E-state index contributed by atoms with van der Waals surface area (Å²) in [4.78, 5) is 26.2. The van der Waals surface area contributed by atoms with Gasteiger partial charge in [-0.3, -0.25) is 9.36 Å². The van der Waals surface area contributed by atoms with Crippen LogP contribution in [-0.2, 0) is 17.9 Å². The van der Waals surface area contributed by atoms with Crippen LogP contribution in [0.3, 0.4) is 0 Å². The summed E-state index contributed by atoms with van der Waals surface area (Å²) in [7, 11) is 0. The highest BCUT2D eigenvalue weighted by atomic mass is 16.4. The van der Waals surface area contributed by atoms with Crippen molar-refractivity contribution in [1.29, 1.82) is 0 Å². The van der Waals surface area contributed by atoms with Crippen molar-refractivity contribution in [2.24, 2.45) is 0 Å². The van der Waals surface area contributed by atoms with Crippen molar-refractivity contribution in [2.75, 3.05) is 0 Å². The Morgan fingerprint density at radius 2 is 1.74 bits per heavy atom. The second-order valence-corrected chi connectivity index (χ2v) is 6.04. The van der Waals surface area contributed by atoms with E-state index in [-0.39, 0.29) is 18.5 Å². The number of oxazole rings is 1. The molecule has 2 aromatic carbocycles. The lowest BCUT2D eigenvalue weighted by Gasteiger charge is -2.19. The monoisotopic (exact) mass is 363 g/mol. The molecule has 0 radical (unpaired) electrons. The maximum Gasteiger partial charge on any atom is 0.420 e. The first-order valence-corrected chi connectivity index (χ1v) is 8.47. The van der Waals surface area contributed by atoms with Crippen molar-refractivity contribution >= 4 is 17.0 Å². The number of nitrogens with zero attached hydrogens (tertiary/aromatic N) is 4. The molecule has 1 amide bonds. The van der Waals surface area contributed by atoms with E-state index in [4.69, 9.17) is 4.42 Å². The van der Waals surface area contributed by atoms with E-state index < -0.39 is 5.76 Å². The Morgan fingerprint density at radius 3 is 2.52 bits per heavy atom. The van der Waals surface area contributed by atoms with E-state index in [0.717, 1.165) is 5.56 Å². The number of rotatable bonds is 6. The molecule has 1 atom stereocenters. The molecule has 4 aromatic rings. The molecule has 136 valence electrons. The van der Waals surface area contributed by atoms with Crippen molar-refractivity contribution in [3.05, 3.63) is 83.1 Å². The van der Waals surface area contributed by atoms with Crippen LogP contribution in [0.5, 0.6) is 0 Å². The van der Waals surface area contributed by atoms with Gasteiger partial charge in [0.1, 0.15) is 6.54 Å². The molecule has 0 bridgehead atoms. The van der Waals surface area contributed by atoms with Crippen molar-refractivity contribution in [3.63, 3.8) is 0 Å². The molecule has 8 nitrogen and oxygen atoms in total. The number of aromatic nitrogens is 4. The summed E-state index contributed by atoms with van der Waals surface area (Å²) in [6.07, 6.45) is 3.17. The number of amides is 1. The number of carbonyl (C=O) groups excluding carboxylic acids is 1. The van der Waals surface area contributed by atoms with Crippen LogP contribution in [0.15, 0.2) is 76.2 Å². The zero-order chi connectivity index (χ0) is 18.6. The second kappa shape index (κ2) is 7.28. The lowest BCUT2D eigenvalue weighted by molar-refractivity contribution is -0.122. The van der Waals surface area contributed by atoms with Gasteiger partial charge in [-0.05, 0) is 17.7 Å². The SMILES string of the molecule is O=C(Cn1c(=O)oc2ccccc21)N[C@@H](Cn1nccn1)c1ccccc1. The molecule has 0 saturated heterocycles. The third-order valence-corrected chi connectivity index (χ3v) is 4.23. The van der Waals surface area contributed by atoms with E-state index in [1.165, 1.54) is 9.36 Å². The van der Waals surface area contributed by atoms with Gasteiger partial charge in [-0.1, -0.05) is 42.5 Å². The van der Waals surface area contributed by atoms with E-state index in [1.807, 2.05) is 30.3 Å². The van der Waals surface area contributed by atoms with E-state index >= 15 is 0 Å². The Morgan fingerprint density at radius 1 is 1.04 bits per heavy atom. The summed E-state index contributed by atoms with van der Waals surface area (Å²) >= 11 is 0. The Labute approximate surface area is 154 Å². The lowest BCUT2D eigenvalue weighted by atomic mass is 10.1. The van der Waals surface area contributed by atoms with Crippen LogP contribution in [0.25, 0.3) is 11.1 Å². The maximum absolute atomic E-state index is 12.7. The van der Waals surface area contributed by atoms with Crippen molar-refractivity contribution in [2.45, 2.75) is 19.1 Å². The predicted octanol–water partition coefficient (Wildman–Crippen LogP) is 1.74. The first-order valence-electron chi connectivity index (χ1n) is 8.47. The molecule has 0 unspecified atom stereocenters. The number of hydrogen-bond donors (Lipinski definition) is 1. The maximum atomic E-state index is 12.7. The van der Waals surface area contributed by atoms with Gasteiger partial charge in [0.2, 0.25) is 5.91 Å². The van der Waals surface area contributed by atoms with Gasteiger partial charge in [-0.2, -0.15) is 15.0 Å². The van der Waals surface area contributed by atoms with Crippen molar-refractivity contribution < 1.29 is 9.21 Å². The van der Waals surface area contributed by atoms with E-state index in [1.54, 1.807) is 36.7 Å². The van der Waals surface area contributed by atoms with Gasteiger partial charge >= 0.3 is 5.76 Å². The zero-order valence-electron chi connectivity index (χ0n) is 14.4. The molecule has 0 saturated carbocycles. The molecule has 4 rings (SSSR count). The lowest BCUT2D eigenvalue weighted by Crippen LogP contribution is -2.36. The Bertz CT molecular complexity index is 1100. The fourth-order valence-corrected chi connectivity index (χ4v) is 2.97. The topological polar surface area (TPSA) is 94.9 Å². The molecule has 8 heteroatoms. The molecule has 27 heavy (non-hydrogen) atoms. The van der Waals surface area contributed by atoms with Gasteiger partial charge in [0, 0.05) is 0 Å². The normalized spacial score (nSPS) is 12.1. The van der Waals surface area contributed by atoms with Crippen LogP contribution >= 0.6 is 0 Å². The fourth-order valence-electron chi connectivity index (χ4n) is 2.97. The molecule has 2 heterocycles. The Hall–Kier alpha value is -3.68. The van der Waals surface area contributed by atoms with Gasteiger partial charge in [0.15, 0.2) is 5.58 Å². The highest BCUT2D eigenvalue weighted by molar-refractivity contribution is 5.79. The summed E-state index contributed by atoms with van der Waals surface area (Å²) in [5.74, 6) is -0.860. The molecular weight excluding hydrogens is 346 g/mol. The number of benzene rings is 2. The minimum absolute atomic E-state index is 0.133. The average molecular weight is 363 g/mol. The third kappa shape index (κ3) is 3.64.